The Morgan fingerprint density at radius 2 is 1.83 bits per heavy atom. The lowest BCUT2D eigenvalue weighted by molar-refractivity contribution is 0.0523. The van der Waals surface area contributed by atoms with Gasteiger partial charge in [-0.3, -0.25) is 4.79 Å². The molecule has 0 aliphatic rings. The van der Waals surface area contributed by atoms with Gasteiger partial charge in [-0.25, -0.2) is 9.18 Å². The molecule has 0 radical (unpaired) electrons. The molecule has 2 aromatic carbocycles. The Morgan fingerprint density at radius 1 is 1.13 bits per heavy atom. The van der Waals surface area contributed by atoms with Gasteiger partial charge in [0.25, 0.3) is 0 Å². The molecule has 0 aromatic heterocycles. The maximum Gasteiger partial charge on any atom is 0.338 e. The van der Waals surface area contributed by atoms with Gasteiger partial charge in [0.05, 0.1) is 12.2 Å². The molecule has 120 valence electrons. The van der Waals surface area contributed by atoms with Crippen LogP contribution in [0, 0.1) is 5.82 Å². The molecule has 0 atom stereocenters. The van der Waals surface area contributed by atoms with Crippen molar-refractivity contribution in [3.05, 3.63) is 70.0 Å². The monoisotopic (exact) mass is 334 g/mol. The van der Waals surface area contributed by atoms with Crippen molar-refractivity contribution in [1.82, 2.24) is 0 Å². The van der Waals surface area contributed by atoms with Crippen LogP contribution in [0.3, 0.4) is 0 Å². The molecule has 23 heavy (non-hydrogen) atoms. The molecule has 0 unspecified atom stereocenters. The van der Waals surface area contributed by atoms with E-state index in [2.05, 4.69) is 0 Å². The molecular formula is C18H16ClFO3. The number of hydrogen-bond donors (Lipinski definition) is 0. The van der Waals surface area contributed by atoms with Crippen molar-refractivity contribution in [2.24, 2.45) is 0 Å². The molecular weight excluding hydrogens is 319 g/mol. The number of ketones is 1. The lowest BCUT2D eigenvalue weighted by Gasteiger charge is -2.08. The number of benzene rings is 2. The topological polar surface area (TPSA) is 43.4 Å². The van der Waals surface area contributed by atoms with Crippen molar-refractivity contribution in [3.63, 3.8) is 0 Å². The average Bonchev–Trinajstić information content (AvgIpc) is 2.52. The number of ether oxygens (including phenoxy) is 1. The quantitative estimate of drug-likeness (QED) is 0.578. The molecule has 0 N–H and O–H groups in total. The molecule has 0 bridgehead atoms. The number of Topliss-reactive ketones (excluding diaryl/α,β-unsaturated/α-hetero) is 1. The molecule has 2 aromatic rings. The Labute approximate surface area is 139 Å². The standard InChI is InChI=1S/C18H16ClFO3/c1-2-23-18(22)16-6-4-3-5-15(16)17(21)8-7-12-9-13(19)11-14(20)10-12/h3-6,9-11H,2,7-8H2,1H3. The largest absolute Gasteiger partial charge is 0.462 e. The lowest BCUT2D eigenvalue weighted by Crippen LogP contribution is -2.12. The lowest BCUT2D eigenvalue weighted by atomic mass is 9.98. The van der Waals surface area contributed by atoms with E-state index in [-0.39, 0.29) is 24.4 Å². The van der Waals surface area contributed by atoms with Gasteiger partial charge < -0.3 is 4.74 Å². The number of carbonyl (C=O) groups excluding carboxylic acids is 2. The Morgan fingerprint density at radius 3 is 2.48 bits per heavy atom. The van der Waals surface area contributed by atoms with E-state index in [0.717, 1.165) is 0 Å². The van der Waals surface area contributed by atoms with Gasteiger partial charge >= 0.3 is 5.97 Å². The molecule has 3 nitrogen and oxygen atoms in total. The predicted molar refractivity (Wildman–Crippen MR) is 86.5 cm³/mol. The van der Waals surface area contributed by atoms with E-state index in [9.17, 15) is 14.0 Å². The normalized spacial score (nSPS) is 10.4. The molecule has 0 amide bonds. The molecule has 0 heterocycles. The molecule has 0 aliphatic carbocycles. The molecule has 0 fully saturated rings. The minimum absolute atomic E-state index is 0.149. The zero-order valence-electron chi connectivity index (χ0n) is 12.6. The summed E-state index contributed by atoms with van der Waals surface area (Å²) in [6.45, 7) is 1.94. The van der Waals surface area contributed by atoms with E-state index < -0.39 is 11.8 Å². The number of rotatable bonds is 6. The van der Waals surface area contributed by atoms with E-state index in [1.54, 1.807) is 37.3 Å². The highest BCUT2D eigenvalue weighted by Gasteiger charge is 2.17. The van der Waals surface area contributed by atoms with Crippen molar-refractivity contribution < 1.29 is 18.7 Å². The van der Waals surface area contributed by atoms with Gasteiger partial charge in [0.1, 0.15) is 5.82 Å². The zero-order valence-corrected chi connectivity index (χ0v) is 13.4. The fourth-order valence-electron chi connectivity index (χ4n) is 2.26. The van der Waals surface area contributed by atoms with Crippen LogP contribution in [-0.4, -0.2) is 18.4 Å². The Kier molecular flexibility index (Phi) is 5.88. The van der Waals surface area contributed by atoms with Crippen LogP contribution in [0.5, 0.6) is 0 Å². The van der Waals surface area contributed by atoms with E-state index in [1.165, 1.54) is 12.1 Å². The van der Waals surface area contributed by atoms with Crippen LogP contribution in [0.25, 0.3) is 0 Å². The van der Waals surface area contributed by atoms with E-state index in [1.807, 2.05) is 0 Å². The fraction of sp³-hybridized carbons (Fsp3) is 0.222. The smallest absolute Gasteiger partial charge is 0.338 e. The van der Waals surface area contributed by atoms with E-state index >= 15 is 0 Å². The minimum atomic E-state index is -0.523. The third-order valence-electron chi connectivity index (χ3n) is 3.29. The van der Waals surface area contributed by atoms with Crippen molar-refractivity contribution in [2.45, 2.75) is 19.8 Å². The maximum atomic E-state index is 13.3. The Bertz CT molecular complexity index is 708. The molecule has 5 heteroatoms. The van der Waals surface area contributed by atoms with Gasteiger partial charge in [-0.1, -0.05) is 29.8 Å². The summed E-state index contributed by atoms with van der Waals surface area (Å²) >= 11 is 5.80. The molecule has 0 spiro atoms. The first-order valence-electron chi connectivity index (χ1n) is 7.25. The minimum Gasteiger partial charge on any atom is -0.462 e. The van der Waals surface area contributed by atoms with E-state index in [4.69, 9.17) is 16.3 Å². The first kappa shape index (κ1) is 17.2. The summed E-state index contributed by atoms with van der Waals surface area (Å²) in [6.07, 6.45) is 0.490. The van der Waals surface area contributed by atoms with Crippen LogP contribution < -0.4 is 0 Å². The highest BCUT2D eigenvalue weighted by atomic mass is 35.5. The highest BCUT2D eigenvalue weighted by molar-refractivity contribution is 6.30. The third kappa shape index (κ3) is 4.63. The summed E-state index contributed by atoms with van der Waals surface area (Å²) in [5.41, 5.74) is 1.20. The van der Waals surface area contributed by atoms with Gasteiger partial charge in [-0.15, -0.1) is 0 Å². The van der Waals surface area contributed by atoms with Crippen LogP contribution in [0.2, 0.25) is 5.02 Å². The predicted octanol–water partition coefficient (Wildman–Crippen LogP) is 4.47. The second-order valence-electron chi connectivity index (χ2n) is 4.97. The van der Waals surface area contributed by atoms with Crippen molar-refractivity contribution in [3.8, 4) is 0 Å². The number of hydrogen-bond acceptors (Lipinski definition) is 3. The summed E-state index contributed by atoms with van der Waals surface area (Å²) in [5, 5.41) is 0.291. The molecule has 0 saturated heterocycles. The summed E-state index contributed by atoms with van der Waals surface area (Å²) in [7, 11) is 0. The van der Waals surface area contributed by atoms with E-state index in [0.29, 0.717) is 22.6 Å². The van der Waals surface area contributed by atoms with Crippen LogP contribution >= 0.6 is 11.6 Å². The van der Waals surface area contributed by atoms with Gasteiger partial charge in [-0.05, 0) is 43.2 Å². The summed E-state index contributed by atoms with van der Waals surface area (Å²) in [6, 6.07) is 10.7. The first-order valence-corrected chi connectivity index (χ1v) is 7.63. The highest BCUT2D eigenvalue weighted by Crippen LogP contribution is 2.18. The zero-order chi connectivity index (χ0) is 16.8. The number of halogens is 2. The maximum absolute atomic E-state index is 13.3. The summed E-state index contributed by atoms with van der Waals surface area (Å²) in [4.78, 5) is 24.3. The molecule has 2 rings (SSSR count). The fourth-order valence-corrected chi connectivity index (χ4v) is 2.51. The SMILES string of the molecule is CCOC(=O)c1ccccc1C(=O)CCc1cc(F)cc(Cl)c1. The second kappa shape index (κ2) is 7.88. The summed E-state index contributed by atoms with van der Waals surface area (Å²) < 4.78 is 18.3. The molecule has 0 aliphatic heterocycles. The molecule has 0 saturated carbocycles. The van der Waals surface area contributed by atoms with Crippen molar-refractivity contribution in [1.29, 1.82) is 0 Å². The Hall–Kier alpha value is -2.20. The van der Waals surface area contributed by atoms with Gasteiger partial charge in [-0.2, -0.15) is 0 Å². The van der Waals surface area contributed by atoms with Crippen LogP contribution in [0.15, 0.2) is 42.5 Å². The van der Waals surface area contributed by atoms with Crippen LogP contribution in [-0.2, 0) is 11.2 Å². The number of aryl methyl sites for hydroxylation is 1. The second-order valence-corrected chi connectivity index (χ2v) is 5.40. The van der Waals surface area contributed by atoms with Crippen LogP contribution in [0.1, 0.15) is 39.6 Å². The average molecular weight is 335 g/mol. The third-order valence-corrected chi connectivity index (χ3v) is 3.50. The van der Waals surface area contributed by atoms with Gasteiger partial charge in [0.2, 0.25) is 0 Å². The van der Waals surface area contributed by atoms with Gasteiger partial charge in [0.15, 0.2) is 5.78 Å². The van der Waals surface area contributed by atoms with Crippen LogP contribution in [0.4, 0.5) is 4.39 Å². The first-order chi connectivity index (χ1) is 11.0. The van der Waals surface area contributed by atoms with Crippen molar-refractivity contribution in [2.75, 3.05) is 6.61 Å². The number of carbonyl (C=O) groups is 2. The summed E-state index contributed by atoms with van der Waals surface area (Å²) in [5.74, 6) is -1.16. The Balaban J connectivity index is 2.13. The van der Waals surface area contributed by atoms with Gasteiger partial charge in [0, 0.05) is 17.0 Å². The van der Waals surface area contributed by atoms with Crippen molar-refractivity contribution >= 4 is 23.4 Å². The number of esters is 1.